The molecule has 8 nitrogen and oxygen atoms in total. The van der Waals surface area contributed by atoms with Gasteiger partial charge in [-0.3, -0.25) is 19.7 Å². The van der Waals surface area contributed by atoms with Crippen molar-refractivity contribution in [2.75, 3.05) is 5.32 Å². The first-order valence-corrected chi connectivity index (χ1v) is 15.3. The summed E-state index contributed by atoms with van der Waals surface area (Å²) in [5, 5.41) is 10.1. The topological polar surface area (TPSA) is 126 Å². The zero-order valence-electron chi connectivity index (χ0n) is 23.9. The summed E-state index contributed by atoms with van der Waals surface area (Å²) in [6.45, 7) is 7.88. The summed E-state index contributed by atoms with van der Waals surface area (Å²) < 4.78 is 16.6. The maximum atomic E-state index is 16.6. The Bertz CT molecular complexity index is 1360. The van der Waals surface area contributed by atoms with Gasteiger partial charge in [-0.15, -0.1) is 0 Å². The van der Waals surface area contributed by atoms with Crippen LogP contribution in [0.2, 0.25) is 5.02 Å². The van der Waals surface area contributed by atoms with Crippen LogP contribution in [-0.4, -0.2) is 41.6 Å². The zero-order valence-corrected chi connectivity index (χ0v) is 25.5. The number of carbonyl (C=O) groups is 3. The first-order valence-electron chi connectivity index (χ1n) is 14.5. The molecule has 5 N–H and O–H groups in total. The number of carbonyl (C=O) groups excluding carboxylic acids is 3. The van der Waals surface area contributed by atoms with E-state index in [1.165, 1.54) is 6.21 Å². The van der Waals surface area contributed by atoms with Crippen molar-refractivity contribution in [1.29, 1.82) is 0 Å². The van der Waals surface area contributed by atoms with E-state index in [-0.39, 0.29) is 40.3 Å². The maximum absolute atomic E-state index is 16.6. The van der Waals surface area contributed by atoms with Crippen molar-refractivity contribution in [3.63, 3.8) is 0 Å². The fraction of sp³-hybridized carbons (Fsp3) is 0.548. The van der Waals surface area contributed by atoms with Gasteiger partial charge >= 0.3 is 0 Å². The van der Waals surface area contributed by atoms with Gasteiger partial charge < -0.3 is 16.4 Å². The molecule has 3 atom stereocenters. The van der Waals surface area contributed by atoms with Gasteiger partial charge in [0, 0.05) is 34.4 Å². The van der Waals surface area contributed by atoms with Crippen LogP contribution in [-0.2, 0) is 19.8 Å². The highest BCUT2D eigenvalue weighted by Crippen LogP contribution is 2.62. The molecule has 0 unspecified atom stereocenters. The van der Waals surface area contributed by atoms with Gasteiger partial charge in [-0.05, 0) is 80.6 Å². The minimum absolute atomic E-state index is 0.0243. The van der Waals surface area contributed by atoms with Crippen LogP contribution in [0.25, 0.3) is 0 Å². The van der Waals surface area contributed by atoms with Crippen LogP contribution in [0.1, 0.15) is 70.8 Å². The normalized spacial score (nSPS) is 31.7. The number of amides is 3. The number of aliphatic imine (C=N–C) groups is 1. The van der Waals surface area contributed by atoms with Crippen LogP contribution in [0.3, 0.4) is 0 Å². The monoisotopic (exact) mass is 617 g/mol. The number of rotatable bonds is 6. The van der Waals surface area contributed by atoms with E-state index < -0.39 is 28.7 Å². The summed E-state index contributed by atoms with van der Waals surface area (Å²) in [5.41, 5.74) is 4.33. The van der Waals surface area contributed by atoms with Gasteiger partial charge in [0.1, 0.15) is 16.4 Å². The van der Waals surface area contributed by atoms with E-state index in [0.717, 1.165) is 18.9 Å². The van der Waals surface area contributed by atoms with Gasteiger partial charge in [0.15, 0.2) is 0 Å². The Balaban J connectivity index is 1.61. The number of benzene rings is 1. The summed E-state index contributed by atoms with van der Waals surface area (Å²) >= 11 is 12.1. The number of fused-ring (bicyclic) bond motifs is 3. The second-order valence-electron chi connectivity index (χ2n) is 13.0. The summed E-state index contributed by atoms with van der Waals surface area (Å²) in [7, 11) is 0. The van der Waals surface area contributed by atoms with Crippen molar-refractivity contribution in [1.82, 2.24) is 10.6 Å². The van der Waals surface area contributed by atoms with Crippen molar-refractivity contribution in [3.8, 4) is 0 Å². The molecule has 1 aromatic carbocycles. The smallest absolute Gasteiger partial charge is 0.238 e. The van der Waals surface area contributed by atoms with Crippen molar-refractivity contribution >= 4 is 52.8 Å². The largest absolute Gasteiger partial charge is 0.369 e. The van der Waals surface area contributed by atoms with E-state index in [1.807, 2.05) is 0 Å². The van der Waals surface area contributed by atoms with Crippen LogP contribution in [0, 0.1) is 17.3 Å². The Morgan fingerprint density at radius 1 is 1.17 bits per heavy atom. The van der Waals surface area contributed by atoms with Crippen molar-refractivity contribution in [2.24, 2.45) is 28.0 Å². The molecule has 4 aliphatic rings. The molecule has 0 bridgehead atoms. The fourth-order valence-electron chi connectivity index (χ4n) is 7.71. The summed E-state index contributed by atoms with van der Waals surface area (Å²) in [5.74, 6) is -3.15. The molecule has 0 aromatic heterocycles. The lowest BCUT2D eigenvalue weighted by atomic mass is 9.54. The number of allylic oxidation sites excluding steroid dienone is 1. The van der Waals surface area contributed by atoms with Gasteiger partial charge in [-0.1, -0.05) is 49.7 Å². The highest BCUT2D eigenvalue weighted by atomic mass is 35.5. The Labute approximate surface area is 255 Å². The Morgan fingerprint density at radius 3 is 2.45 bits per heavy atom. The highest BCUT2D eigenvalue weighted by molar-refractivity contribution is 6.31. The molecule has 3 fully saturated rings. The molecule has 2 aliphatic heterocycles. The molecule has 5 rings (SSSR count). The van der Waals surface area contributed by atoms with E-state index in [1.54, 1.807) is 18.2 Å². The van der Waals surface area contributed by atoms with Gasteiger partial charge in [0.25, 0.3) is 0 Å². The standard InChI is InChI=1S/C31H38Cl2FN5O3/c1-17(32)36-15-10-22(34)24-25(27(41)37-20-7-4-18(5-8-20)26(35)40)39-30(13-11-29(2,3)12-14-30)31(24)21-9-6-19(33)16-23(21)38-28(31)42/h6,9-10,15-16,18,20,24-25,39H,1,4-5,7-8,11-14H2,2-3H3,(H2,35,40)(H,37,41)(H,38,42)/b22-10-,36-15-/t18-,20-,24-,25+,31+/m0/s1. The second-order valence-corrected chi connectivity index (χ2v) is 13.8. The van der Waals surface area contributed by atoms with Gasteiger partial charge in [-0.25, -0.2) is 9.38 Å². The molecule has 0 radical (unpaired) electrons. The van der Waals surface area contributed by atoms with E-state index in [2.05, 4.69) is 41.4 Å². The SMILES string of the molecule is C=C(Cl)/N=C\C=C(/F)[C@H]1[C@H](C(=O)N[C@H]2CC[C@H](C(N)=O)CC2)NC2(CCC(C)(C)CC2)[C@@]12C(=O)Nc1cc(Cl)ccc12. The quantitative estimate of drug-likeness (QED) is 0.257. The van der Waals surface area contributed by atoms with E-state index in [9.17, 15) is 14.4 Å². The molecule has 1 saturated heterocycles. The third-order valence-corrected chi connectivity index (χ3v) is 10.3. The van der Waals surface area contributed by atoms with Crippen LogP contribution in [0.5, 0.6) is 0 Å². The molecule has 3 amide bonds. The predicted octanol–water partition coefficient (Wildman–Crippen LogP) is 5.25. The lowest BCUT2D eigenvalue weighted by Crippen LogP contribution is -2.61. The number of hydrogen-bond donors (Lipinski definition) is 4. The molecular weight excluding hydrogens is 580 g/mol. The van der Waals surface area contributed by atoms with Gasteiger partial charge in [-0.2, -0.15) is 0 Å². The third-order valence-electron chi connectivity index (χ3n) is 9.96. The lowest BCUT2D eigenvalue weighted by molar-refractivity contribution is -0.126. The zero-order chi connectivity index (χ0) is 30.4. The van der Waals surface area contributed by atoms with Crippen molar-refractivity contribution in [3.05, 3.63) is 52.4 Å². The minimum Gasteiger partial charge on any atom is -0.369 e. The van der Waals surface area contributed by atoms with Gasteiger partial charge in [0.05, 0.1) is 12.0 Å². The third kappa shape index (κ3) is 5.28. The molecule has 2 saturated carbocycles. The number of hydrogen-bond acceptors (Lipinski definition) is 5. The average molecular weight is 619 g/mol. The summed E-state index contributed by atoms with van der Waals surface area (Å²) in [4.78, 5) is 44.0. The predicted molar refractivity (Wildman–Crippen MR) is 163 cm³/mol. The Hall–Kier alpha value is -2.75. The molecule has 11 heteroatoms. The highest BCUT2D eigenvalue weighted by Gasteiger charge is 2.73. The van der Waals surface area contributed by atoms with Crippen LogP contribution < -0.4 is 21.7 Å². The molecule has 1 aromatic rings. The maximum Gasteiger partial charge on any atom is 0.238 e. The van der Waals surface area contributed by atoms with Crippen molar-refractivity contribution in [2.45, 2.75) is 88.3 Å². The number of halogens is 3. The first-order chi connectivity index (χ1) is 19.8. The molecule has 226 valence electrons. The summed E-state index contributed by atoms with van der Waals surface area (Å²) in [6.07, 6.45) is 7.40. The molecule has 2 spiro atoms. The average Bonchev–Trinajstić information content (AvgIpc) is 3.38. The summed E-state index contributed by atoms with van der Waals surface area (Å²) in [6, 6.07) is 3.90. The molecule has 42 heavy (non-hydrogen) atoms. The molecule has 2 aliphatic carbocycles. The lowest BCUT2D eigenvalue weighted by Gasteiger charge is -2.50. The van der Waals surface area contributed by atoms with E-state index in [0.29, 0.717) is 54.8 Å². The van der Waals surface area contributed by atoms with Crippen LogP contribution in [0.15, 0.2) is 46.8 Å². The number of primary amides is 1. The number of nitrogens with one attached hydrogen (secondary N) is 3. The van der Waals surface area contributed by atoms with Crippen molar-refractivity contribution < 1.29 is 18.8 Å². The number of nitrogens with zero attached hydrogens (tertiary/aromatic N) is 1. The Morgan fingerprint density at radius 2 is 1.83 bits per heavy atom. The minimum atomic E-state index is -1.43. The van der Waals surface area contributed by atoms with E-state index >= 15 is 4.39 Å². The first kappa shape index (κ1) is 30.7. The Kier molecular flexibility index (Phi) is 8.33. The fourth-order valence-corrected chi connectivity index (χ4v) is 7.94. The molecule has 2 heterocycles. The second kappa shape index (κ2) is 11.4. The number of anilines is 1. The van der Waals surface area contributed by atoms with Crippen LogP contribution in [0.4, 0.5) is 10.1 Å². The number of nitrogens with two attached hydrogens (primary N) is 1. The molecular formula is C31H38Cl2FN5O3. The van der Waals surface area contributed by atoms with Crippen LogP contribution >= 0.6 is 23.2 Å². The van der Waals surface area contributed by atoms with Gasteiger partial charge in [0.2, 0.25) is 17.7 Å². The van der Waals surface area contributed by atoms with E-state index in [4.69, 9.17) is 28.9 Å².